The number of halogens is 1. The zero-order chi connectivity index (χ0) is 29.7. The number of fused-ring (bicyclic) bond motifs is 1. The third-order valence-electron chi connectivity index (χ3n) is 6.21. The van der Waals surface area contributed by atoms with Crippen LogP contribution in [-0.2, 0) is 40.6 Å². The minimum absolute atomic E-state index is 0.0185. The fourth-order valence-corrected chi connectivity index (χ4v) is 4.16. The summed E-state index contributed by atoms with van der Waals surface area (Å²) >= 11 is 0. The van der Waals surface area contributed by atoms with Crippen LogP contribution in [0, 0.1) is 17.1 Å². The number of hydrogen-bond donors (Lipinski definition) is 4. The molecule has 5 atom stereocenters. The van der Waals surface area contributed by atoms with Gasteiger partial charge in [-0.2, -0.15) is 10.4 Å². The number of carbonyl (C=O) groups excluding carboxylic acids is 3. The largest absolute Gasteiger partial charge is 0.511 e. The summed E-state index contributed by atoms with van der Waals surface area (Å²) in [5.41, 5.74) is 4.68. The molecule has 0 aliphatic carbocycles. The number of carbonyl (C=O) groups is 3. The Bertz CT molecular complexity index is 1480. The van der Waals surface area contributed by atoms with Gasteiger partial charge in [-0.1, -0.05) is 12.1 Å². The summed E-state index contributed by atoms with van der Waals surface area (Å²) in [4.78, 5) is 39.3. The van der Waals surface area contributed by atoms with Gasteiger partial charge in [-0.25, -0.2) is 18.7 Å². The lowest BCUT2D eigenvalue weighted by Crippen LogP contribution is -2.41. The van der Waals surface area contributed by atoms with Crippen LogP contribution >= 0.6 is 0 Å². The molecule has 4 rings (SSSR count). The highest BCUT2D eigenvalue weighted by molar-refractivity contribution is 5.97. The smallest absolute Gasteiger partial charge is 0.431 e. The number of nitrogens with one attached hydrogen (secondary N) is 1. The fourth-order valence-electron chi connectivity index (χ4n) is 4.16. The molecule has 1 aliphatic heterocycles. The molecule has 0 radical (unpaired) electrons. The molecule has 3 heterocycles. The molecule has 1 amide bonds. The highest BCUT2D eigenvalue weighted by Gasteiger charge is 2.58. The number of amides is 1. The molecule has 16 heteroatoms. The number of anilines is 1. The van der Waals surface area contributed by atoms with E-state index in [9.17, 15) is 34.2 Å². The summed E-state index contributed by atoms with van der Waals surface area (Å²) in [6, 6.07) is 9.21. The maximum atomic E-state index is 13.2. The quantitative estimate of drug-likeness (QED) is 0.194. The SMILES string of the molecule is CC(=O)OCOC(=O)OC[C@H]1O[C@@](C#N)(c2ccc3c(NC(=O)[C@@H](N)Cc4ccc(F)cc4)ncnn23)[C@H](O)[C@@H]1O. The summed E-state index contributed by atoms with van der Waals surface area (Å²) < 4.78 is 33.9. The van der Waals surface area contributed by atoms with Crippen LogP contribution in [0.3, 0.4) is 0 Å². The van der Waals surface area contributed by atoms with Crippen LogP contribution in [0.15, 0.2) is 42.7 Å². The van der Waals surface area contributed by atoms with E-state index in [2.05, 4.69) is 24.9 Å². The average molecular weight is 573 g/mol. The Morgan fingerprint density at radius 2 is 1.95 bits per heavy atom. The molecule has 0 bridgehead atoms. The molecule has 3 aromatic rings. The van der Waals surface area contributed by atoms with Crippen molar-refractivity contribution in [3.05, 3.63) is 59.8 Å². The van der Waals surface area contributed by atoms with Gasteiger partial charge >= 0.3 is 12.1 Å². The van der Waals surface area contributed by atoms with Crippen molar-refractivity contribution in [3.63, 3.8) is 0 Å². The zero-order valence-electron chi connectivity index (χ0n) is 21.5. The van der Waals surface area contributed by atoms with Gasteiger partial charge in [-0.15, -0.1) is 0 Å². The number of hydrogen-bond acceptors (Lipinski definition) is 13. The number of rotatable bonds is 9. The molecule has 1 saturated heterocycles. The number of esters is 1. The van der Waals surface area contributed by atoms with E-state index in [-0.39, 0.29) is 23.4 Å². The van der Waals surface area contributed by atoms with E-state index in [0.717, 1.165) is 13.3 Å². The van der Waals surface area contributed by atoms with E-state index < -0.39 is 67.2 Å². The predicted octanol–water partition coefficient (Wildman–Crippen LogP) is -0.110. The van der Waals surface area contributed by atoms with Crippen LogP contribution in [0.1, 0.15) is 18.2 Å². The first kappa shape index (κ1) is 29.3. The second-order valence-electron chi connectivity index (χ2n) is 8.95. The number of aromatic nitrogens is 3. The molecule has 1 aromatic carbocycles. The third-order valence-corrected chi connectivity index (χ3v) is 6.21. The molecule has 0 saturated carbocycles. The Labute approximate surface area is 231 Å². The number of nitrogens with zero attached hydrogens (tertiary/aromatic N) is 4. The Morgan fingerprint density at radius 3 is 2.63 bits per heavy atom. The number of aliphatic hydroxyl groups excluding tert-OH is 2. The molecule has 5 N–H and O–H groups in total. The number of nitrogens with two attached hydrogens (primary N) is 1. The first-order valence-electron chi connectivity index (χ1n) is 12.1. The van der Waals surface area contributed by atoms with Crippen LogP contribution in [0.25, 0.3) is 5.52 Å². The molecule has 0 unspecified atom stereocenters. The van der Waals surface area contributed by atoms with Gasteiger partial charge in [-0.3, -0.25) is 9.59 Å². The first-order valence-corrected chi connectivity index (χ1v) is 12.1. The summed E-state index contributed by atoms with van der Waals surface area (Å²) in [5.74, 6) is -1.68. The molecule has 216 valence electrons. The Balaban J connectivity index is 1.49. The standard InChI is InChI=1S/C25H25FN6O9/c1-13(33)39-12-40-24(37)38-9-18-20(34)21(35)25(10-27,41-18)19-7-6-17-22(29-11-30-32(17)19)31-23(36)16(28)8-14-2-4-15(26)5-3-14/h2-7,11,16,18,20-21,34-35H,8-9,12,28H2,1H3,(H,29,30,31,36)/t16-,18+,20+,21+,25-/m0/s1. The summed E-state index contributed by atoms with van der Waals surface area (Å²) in [6.45, 7) is -0.205. The van der Waals surface area contributed by atoms with Crippen molar-refractivity contribution in [1.82, 2.24) is 14.6 Å². The van der Waals surface area contributed by atoms with Crippen LogP contribution in [0.5, 0.6) is 0 Å². The highest BCUT2D eigenvalue weighted by atomic mass is 19.1. The Hall–Kier alpha value is -4.69. The van der Waals surface area contributed by atoms with Gasteiger partial charge in [0, 0.05) is 6.92 Å². The van der Waals surface area contributed by atoms with Gasteiger partial charge in [0.2, 0.25) is 18.3 Å². The Kier molecular flexibility index (Phi) is 8.74. The van der Waals surface area contributed by atoms with Crippen molar-refractivity contribution in [2.45, 2.75) is 43.3 Å². The van der Waals surface area contributed by atoms with E-state index in [1.807, 2.05) is 6.07 Å². The van der Waals surface area contributed by atoms with Gasteiger partial charge < -0.3 is 40.2 Å². The van der Waals surface area contributed by atoms with Crippen molar-refractivity contribution in [3.8, 4) is 6.07 Å². The van der Waals surface area contributed by atoms with Gasteiger partial charge in [0.1, 0.15) is 48.6 Å². The van der Waals surface area contributed by atoms with Gasteiger partial charge in [0.05, 0.1) is 11.7 Å². The maximum absolute atomic E-state index is 13.2. The number of ether oxygens (including phenoxy) is 4. The molecular formula is C25H25FN6O9. The van der Waals surface area contributed by atoms with Crippen LogP contribution in [0.2, 0.25) is 0 Å². The topological polar surface area (TPSA) is 221 Å². The monoisotopic (exact) mass is 572 g/mol. The summed E-state index contributed by atoms with van der Waals surface area (Å²) in [7, 11) is 0. The molecule has 1 fully saturated rings. The lowest BCUT2D eigenvalue weighted by atomic mass is 9.92. The van der Waals surface area contributed by atoms with Crippen molar-refractivity contribution < 1.29 is 47.9 Å². The predicted molar refractivity (Wildman–Crippen MR) is 133 cm³/mol. The van der Waals surface area contributed by atoms with Gasteiger partial charge in [0.25, 0.3) is 0 Å². The minimum atomic E-state index is -2.17. The maximum Gasteiger partial charge on any atom is 0.511 e. The van der Waals surface area contributed by atoms with E-state index in [4.69, 9.17) is 15.2 Å². The molecule has 41 heavy (non-hydrogen) atoms. The summed E-state index contributed by atoms with van der Waals surface area (Å²) in [6.07, 6.45) is -4.89. The summed E-state index contributed by atoms with van der Waals surface area (Å²) in [5, 5.41) is 38.1. The normalized spacial score (nSPS) is 22.5. The van der Waals surface area contributed by atoms with Crippen molar-refractivity contribution in [1.29, 1.82) is 5.26 Å². The fraction of sp³-hybridized carbons (Fsp3) is 0.360. The average Bonchev–Trinajstić information content (AvgIpc) is 3.49. The van der Waals surface area contributed by atoms with Gasteiger partial charge in [0.15, 0.2) is 5.82 Å². The lowest BCUT2D eigenvalue weighted by Gasteiger charge is -2.24. The molecule has 15 nitrogen and oxygen atoms in total. The zero-order valence-corrected chi connectivity index (χ0v) is 21.5. The molecular weight excluding hydrogens is 547 g/mol. The van der Waals surface area contributed by atoms with Gasteiger partial charge in [-0.05, 0) is 36.2 Å². The highest BCUT2D eigenvalue weighted by Crippen LogP contribution is 2.40. The number of aliphatic hydroxyl groups is 2. The van der Waals surface area contributed by atoms with E-state index in [1.165, 1.54) is 40.9 Å². The van der Waals surface area contributed by atoms with Crippen LogP contribution in [0.4, 0.5) is 15.0 Å². The van der Waals surface area contributed by atoms with Crippen molar-refractivity contribution >= 4 is 29.4 Å². The van der Waals surface area contributed by atoms with Crippen molar-refractivity contribution in [2.24, 2.45) is 5.73 Å². The molecule has 0 spiro atoms. The van der Waals surface area contributed by atoms with Crippen LogP contribution in [-0.4, -0.2) is 80.6 Å². The Morgan fingerprint density at radius 1 is 1.22 bits per heavy atom. The molecule has 1 aliphatic rings. The van der Waals surface area contributed by atoms with E-state index in [0.29, 0.717) is 5.56 Å². The minimum Gasteiger partial charge on any atom is -0.431 e. The van der Waals surface area contributed by atoms with Crippen molar-refractivity contribution in [2.75, 3.05) is 18.7 Å². The number of benzene rings is 1. The van der Waals surface area contributed by atoms with E-state index >= 15 is 0 Å². The van der Waals surface area contributed by atoms with E-state index in [1.54, 1.807) is 0 Å². The lowest BCUT2D eigenvalue weighted by molar-refractivity contribution is -0.151. The number of nitriles is 1. The third kappa shape index (κ3) is 6.23. The second kappa shape index (κ2) is 12.2. The first-order chi connectivity index (χ1) is 19.6. The molecule has 2 aromatic heterocycles. The van der Waals surface area contributed by atoms with Crippen LogP contribution < -0.4 is 11.1 Å². The second-order valence-corrected chi connectivity index (χ2v) is 8.95.